The van der Waals surface area contributed by atoms with Crippen LogP contribution in [-0.4, -0.2) is 64.9 Å². The molecule has 1 unspecified atom stereocenters. The Balaban J connectivity index is 1.72. The molecule has 2 aliphatic rings. The van der Waals surface area contributed by atoms with E-state index in [0.29, 0.717) is 25.1 Å². The summed E-state index contributed by atoms with van der Waals surface area (Å²) in [5.41, 5.74) is 1.79. The van der Waals surface area contributed by atoms with E-state index in [1.165, 1.54) is 11.8 Å². The summed E-state index contributed by atoms with van der Waals surface area (Å²) in [6.07, 6.45) is 6.63. The Hall–Kier alpha value is -0.238. The Bertz CT molecular complexity index is 1060. The third kappa shape index (κ3) is 10.8. The maximum absolute atomic E-state index is 11.4. The fourth-order valence-electron chi connectivity index (χ4n) is 4.72. The van der Waals surface area contributed by atoms with Crippen molar-refractivity contribution in [3.63, 3.8) is 0 Å². The van der Waals surface area contributed by atoms with Gasteiger partial charge < -0.3 is 23.0 Å². The molecule has 1 aromatic heterocycles. The molecule has 2 saturated heterocycles. The SMILES string of the molecule is C=C1C[C@H](C[C@@H]2C[C@@H](O[Si](C)(C)C(C)(C)C)C[C@H](c3coc(COS(C)(=O)=O)n3)O2)O[C@@H](CCOB(P)S)C1. The summed E-state index contributed by atoms with van der Waals surface area (Å²) >= 11 is 4.25. The molecule has 2 aliphatic heterocycles. The molecule has 0 bridgehead atoms. The minimum Gasteiger partial charge on any atom is -0.446 e. The van der Waals surface area contributed by atoms with Gasteiger partial charge in [-0.05, 0) is 43.8 Å². The number of ether oxygens (including phenoxy) is 2. The molecule has 0 N–H and O–H groups in total. The van der Waals surface area contributed by atoms with Gasteiger partial charge >= 0.3 is 5.91 Å². The van der Waals surface area contributed by atoms with Gasteiger partial charge in [-0.2, -0.15) is 20.9 Å². The molecular formula is C25H45BNO8PS2Si. The van der Waals surface area contributed by atoms with Crippen molar-refractivity contribution < 1.29 is 35.6 Å². The summed E-state index contributed by atoms with van der Waals surface area (Å²) in [4.78, 5) is 4.48. The van der Waals surface area contributed by atoms with Crippen LogP contribution in [0, 0.1) is 0 Å². The quantitative estimate of drug-likeness (QED) is 0.107. The monoisotopic (exact) mass is 621 g/mol. The van der Waals surface area contributed by atoms with E-state index >= 15 is 0 Å². The summed E-state index contributed by atoms with van der Waals surface area (Å²) in [5.74, 6) is 0.00176. The zero-order valence-electron chi connectivity index (χ0n) is 24.1. The summed E-state index contributed by atoms with van der Waals surface area (Å²) in [5, 5.41) is 0.0723. The normalized spacial score (nSPS) is 27.1. The maximum atomic E-state index is 11.4. The lowest BCUT2D eigenvalue weighted by atomic mass is 9.91. The molecule has 0 amide bonds. The van der Waals surface area contributed by atoms with Crippen LogP contribution in [0.1, 0.15) is 77.0 Å². The van der Waals surface area contributed by atoms with Gasteiger partial charge in [0.25, 0.3) is 10.1 Å². The number of thiol groups is 1. The molecule has 1 aromatic rings. The van der Waals surface area contributed by atoms with Crippen molar-refractivity contribution in [1.29, 1.82) is 0 Å². The minimum atomic E-state index is -3.61. The first kappa shape index (κ1) is 33.3. The smallest absolute Gasteiger partial charge is 0.380 e. The fraction of sp³-hybridized carbons (Fsp3) is 0.800. The molecule has 39 heavy (non-hydrogen) atoms. The van der Waals surface area contributed by atoms with Gasteiger partial charge in [-0.15, -0.1) is 9.12 Å². The van der Waals surface area contributed by atoms with Crippen molar-refractivity contribution in [2.75, 3.05) is 12.9 Å². The van der Waals surface area contributed by atoms with Gasteiger partial charge in [0.15, 0.2) is 8.32 Å². The summed E-state index contributed by atoms with van der Waals surface area (Å²) in [7, 11) is -3.12. The molecule has 3 rings (SSSR count). The molecule has 0 saturated carbocycles. The summed E-state index contributed by atoms with van der Waals surface area (Å²) < 4.78 is 58.5. The van der Waals surface area contributed by atoms with Crippen molar-refractivity contribution in [2.24, 2.45) is 0 Å². The van der Waals surface area contributed by atoms with Crippen LogP contribution >= 0.6 is 21.6 Å². The van der Waals surface area contributed by atoms with Crippen LogP contribution in [0.15, 0.2) is 22.8 Å². The Morgan fingerprint density at radius 3 is 2.54 bits per heavy atom. The van der Waals surface area contributed by atoms with Crippen molar-refractivity contribution in [3.05, 3.63) is 30.0 Å². The Morgan fingerprint density at radius 2 is 1.90 bits per heavy atom. The average Bonchev–Trinajstić information content (AvgIpc) is 3.25. The molecule has 222 valence electrons. The van der Waals surface area contributed by atoms with Crippen LogP contribution in [0.5, 0.6) is 0 Å². The van der Waals surface area contributed by atoms with Crippen LogP contribution in [0.4, 0.5) is 0 Å². The van der Waals surface area contributed by atoms with Gasteiger partial charge in [0.1, 0.15) is 24.7 Å². The summed E-state index contributed by atoms with van der Waals surface area (Å²) in [6, 6.07) is 0. The van der Waals surface area contributed by atoms with Crippen LogP contribution in [0.25, 0.3) is 0 Å². The largest absolute Gasteiger partial charge is 0.446 e. The first-order chi connectivity index (χ1) is 18.0. The molecule has 6 atom stereocenters. The van der Waals surface area contributed by atoms with Crippen LogP contribution in [0.3, 0.4) is 0 Å². The maximum Gasteiger partial charge on any atom is 0.380 e. The van der Waals surface area contributed by atoms with Gasteiger partial charge in [-0.1, -0.05) is 32.9 Å². The van der Waals surface area contributed by atoms with Crippen molar-refractivity contribution in [1.82, 2.24) is 4.98 Å². The highest BCUT2D eigenvalue weighted by molar-refractivity contribution is 8.23. The summed E-state index contributed by atoms with van der Waals surface area (Å²) in [6.45, 7) is 15.8. The van der Waals surface area contributed by atoms with E-state index in [2.05, 4.69) is 67.0 Å². The number of hydrogen-bond donors (Lipinski definition) is 1. The van der Waals surface area contributed by atoms with Crippen molar-refractivity contribution in [3.8, 4) is 0 Å². The third-order valence-electron chi connectivity index (χ3n) is 7.59. The van der Waals surface area contributed by atoms with Gasteiger partial charge in [-0.25, -0.2) is 4.98 Å². The minimum absolute atomic E-state index is 0.00701. The molecule has 3 heterocycles. The number of aromatic nitrogens is 1. The van der Waals surface area contributed by atoms with E-state index in [4.69, 9.17) is 27.2 Å². The zero-order valence-corrected chi connectivity index (χ0v) is 27.9. The Morgan fingerprint density at radius 1 is 1.21 bits per heavy atom. The standard InChI is InChI=1S/C25H45BNO8PS2Si/c1-17-10-18(8-9-31-26(36)37)33-19(11-17)12-20-13-21(35-39(6,7)25(2,3)4)14-23(34-20)22-15-30-24(27-22)16-32-38(5,28)29/h15,18-21,23,37H,1,8-14,16,36H2,2-7H3/t18-,19+,20+,21+,23+/m0/s1. The van der Waals surface area contributed by atoms with E-state index < -0.39 is 18.4 Å². The molecule has 9 nitrogen and oxygen atoms in total. The topological polar surface area (TPSA) is 106 Å². The first-order valence-electron chi connectivity index (χ1n) is 13.5. The number of oxazole rings is 1. The number of nitrogens with zero attached hydrogens (tertiary/aromatic N) is 1. The second-order valence-electron chi connectivity index (χ2n) is 12.2. The Labute approximate surface area is 243 Å². The van der Waals surface area contributed by atoms with Crippen LogP contribution in [-0.2, 0) is 39.5 Å². The van der Waals surface area contributed by atoms with E-state index in [9.17, 15) is 8.42 Å². The molecule has 14 heteroatoms. The molecular weight excluding hydrogens is 576 g/mol. The Kier molecular flexibility index (Phi) is 11.8. The molecule has 0 radical (unpaired) electrons. The lowest BCUT2D eigenvalue weighted by Crippen LogP contribution is -2.47. The number of rotatable bonds is 12. The predicted octanol–water partition coefficient (Wildman–Crippen LogP) is 5.45. The van der Waals surface area contributed by atoms with E-state index in [1.807, 2.05) is 0 Å². The fourth-order valence-corrected chi connectivity index (χ4v) is 6.65. The number of hydrogen-bond acceptors (Lipinski definition) is 10. The highest BCUT2D eigenvalue weighted by Crippen LogP contribution is 2.42. The zero-order chi connectivity index (χ0) is 29.0. The lowest BCUT2D eigenvalue weighted by Gasteiger charge is -2.44. The van der Waals surface area contributed by atoms with E-state index in [-0.39, 0.29) is 54.0 Å². The van der Waals surface area contributed by atoms with Crippen LogP contribution < -0.4 is 0 Å². The van der Waals surface area contributed by atoms with E-state index in [0.717, 1.165) is 31.9 Å². The highest BCUT2D eigenvalue weighted by atomic mass is 32.2. The predicted molar refractivity (Wildman–Crippen MR) is 162 cm³/mol. The van der Waals surface area contributed by atoms with Crippen LogP contribution in [0.2, 0.25) is 18.1 Å². The highest BCUT2D eigenvalue weighted by Gasteiger charge is 2.43. The third-order valence-corrected chi connectivity index (χ3v) is 13.0. The second-order valence-corrected chi connectivity index (χ2v) is 20.3. The van der Waals surface area contributed by atoms with Gasteiger partial charge in [0.2, 0.25) is 5.89 Å². The molecule has 0 aliphatic carbocycles. The first-order valence-corrected chi connectivity index (χ1v) is 19.4. The average molecular weight is 622 g/mol. The molecule has 0 spiro atoms. The van der Waals surface area contributed by atoms with Gasteiger partial charge in [0.05, 0.1) is 30.7 Å². The molecule has 0 aromatic carbocycles. The second kappa shape index (κ2) is 13.8. The van der Waals surface area contributed by atoms with Gasteiger partial charge in [0, 0.05) is 19.4 Å². The van der Waals surface area contributed by atoms with Crippen molar-refractivity contribution in [2.45, 2.75) is 115 Å². The molecule has 2 fully saturated rings. The van der Waals surface area contributed by atoms with Crippen molar-refractivity contribution >= 4 is 45.9 Å². The van der Waals surface area contributed by atoms with E-state index in [1.54, 1.807) is 0 Å². The van der Waals surface area contributed by atoms with Gasteiger partial charge in [-0.3, -0.25) is 4.18 Å². The lowest BCUT2D eigenvalue weighted by molar-refractivity contribution is -0.126.